The molecule has 1 aliphatic heterocycles. The molecule has 0 aromatic heterocycles. The molecule has 1 fully saturated rings. The fraction of sp³-hybridized carbons (Fsp3) is 0.400. The Labute approximate surface area is 159 Å². The number of hydrogen-bond donors (Lipinski definition) is 1. The van der Waals surface area contributed by atoms with E-state index >= 15 is 0 Å². The fourth-order valence-electron chi connectivity index (χ4n) is 3.46. The second kappa shape index (κ2) is 8.73. The highest BCUT2D eigenvalue weighted by atomic mass is 35.5. The van der Waals surface area contributed by atoms with Crippen LogP contribution in [0.4, 0.5) is 0 Å². The molecule has 0 bridgehead atoms. The van der Waals surface area contributed by atoms with Crippen molar-refractivity contribution in [2.24, 2.45) is 0 Å². The van der Waals surface area contributed by atoms with Gasteiger partial charge in [-0.15, -0.1) is 0 Å². The monoisotopic (exact) mass is 377 g/mol. The normalized spacial score (nSPS) is 20.8. The number of rotatable bonds is 6. The van der Waals surface area contributed by atoms with Crippen molar-refractivity contribution in [2.45, 2.75) is 18.7 Å². The standard InChI is InChI=1S/C20H24ClNO4/c1-24-16-9-8-15(18(21)20(16)25-2)12-22-10-11-26-17(13-23)19(22)14-6-4-3-5-7-14/h3-9,17,19,23H,10-13H2,1-2H3/t17-,19-/m1/s1. The van der Waals surface area contributed by atoms with E-state index in [-0.39, 0.29) is 18.8 Å². The Hall–Kier alpha value is -1.79. The maximum atomic E-state index is 9.80. The van der Waals surface area contributed by atoms with E-state index in [0.717, 1.165) is 17.7 Å². The third-order valence-electron chi connectivity index (χ3n) is 4.72. The quantitative estimate of drug-likeness (QED) is 0.837. The first-order chi connectivity index (χ1) is 12.7. The van der Waals surface area contributed by atoms with Crippen molar-refractivity contribution in [2.75, 3.05) is 34.0 Å². The van der Waals surface area contributed by atoms with E-state index in [1.165, 1.54) is 0 Å². The van der Waals surface area contributed by atoms with Crippen LogP contribution in [0, 0.1) is 0 Å². The Kier molecular flexibility index (Phi) is 6.38. The first-order valence-electron chi connectivity index (χ1n) is 8.60. The van der Waals surface area contributed by atoms with Gasteiger partial charge in [0.2, 0.25) is 0 Å². The zero-order chi connectivity index (χ0) is 18.5. The number of morpholine rings is 1. The van der Waals surface area contributed by atoms with Crippen molar-refractivity contribution >= 4 is 11.6 Å². The highest BCUT2D eigenvalue weighted by Crippen LogP contribution is 2.39. The van der Waals surface area contributed by atoms with Gasteiger partial charge in [0.15, 0.2) is 11.5 Å². The van der Waals surface area contributed by atoms with Crippen LogP contribution in [0.5, 0.6) is 11.5 Å². The average molecular weight is 378 g/mol. The topological polar surface area (TPSA) is 51.2 Å². The van der Waals surface area contributed by atoms with E-state index in [1.54, 1.807) is 14.2 Å². The molecule has 5 nitrogen and oxygen atoms in total. The lowest BCUT2D eigenvalue weighted by Crippen LogP contribution is -2.46. The van der Waals surface area contributed by atoms with E-state index in [4.69, 9.17) is 25.8 Å². The number of benzene rings is 2. The third kappa shape index (κ3) is 3.81. The second-order valence-corrected chi connectivity index (χ2v) is 6.57. The number of aliphatic hydroxyl groups excluding tert-OH is 1. The molecular weight excluding hydrogens is 354 g/mol. The Bertz CT molecular complexity index is 725. The van der Waals surface area contributed by atoms with E-state index < -0.39 is 0 Å². The minimum atomic E-state index is -0.273. The number of ether oxygens (including phenoxy) is 3. The van der Waals surface area contributed by atoms with Crippen molar-refractivity contribution in [3.63, 3.8) is 0 Å². The summed E-state index contributed by atoms with van der Waals surface area (Å²) in [5.41, 5.74) is 2.06. The lowest BCUT2D eigenvalue weighted by Gasteiger charge is -2.41. The molecule has 0 unspecified atom stereocenters. The van der Waals surface area contributed by atoms with Gasteiger partial charge in [-0.05, 0) is 17.2 Å². The zero-order valence-electron chi connectivity index (χ0n) is 15.0. The van der Waals surface area contributed by atoms with Crippen molar-refractivity contribution in [1.29, 1.82) is 0 Å². The predicted octanol–water partition coefficient (Wildman–Crippen LogP) is 3.29. The van der Waals surface area contributed by atoms with Crippen LogP contribution in [0.3, 0.4) is 0 Å². The number of methoxy groups -OCH3 is 2. The number of aliphatic hydroxyl groups is 1. The summed E-state index contributed by atoms with van der Waals surface area (Å²) in [4.78, 5) is 2.28. The molecule has 0 saturated carbocycles. The summed E-state index contributed by atoms with van der Waals surface area (Å²) in [6, 6.07) is 13.9. The molecule has 3 rings (SSSR count). The van der Waals surface area contributed by atoms with Crippen LogP contribution in [-0.4, -0.2) is 50.1 Å². The van der Waals surface area contributed by atoms with E-state index in [1.807, 2.05) is 30.3 Å². The lowest BCUT2D eigenvalue weighted by atomic mass is 9.97. The van der Waals surface area contributed by atoms with Crippen LogP contribution in [0.15, 0.2) is 42.5 Å². The zero-order valence-corrected chi connectivity index (χ0v) is 15.8. The summed E-state index contributed by atoms with van der Waals surface area (Å²) >= 11 is 6.56. The second-order valence-electron chi connectivity index (χ2n) is 6.19. The van der Waals surface area contributed by atoms with E-state index in [9.17, 15) is 5.11 Å². The Balaban J connectivity index is 1.92. The molecular formula is C20H24ClNO4. The van der Waals surface area contributed by atoms with E-state index in [2.05, 4.69) is 17.0 Å². The van der Waals surface area contributed by atoms with Gasteiger partial charge < -0.3 is 19.3 Å². The van der Waals surface area contributed by atoms with Crippen LogP contribution < -0.4 is 9.47 Å². The fourth-order valence-corrected chi connectivity index (χ4v) is 3.76. The maximum Gasteiger partial charge on any atom is 0.179 e. The summed E-state index contributed by atoms with van der Waals surface area (Å²) in [5.74, 6) is 1.14. The molecule has 1 N–H and O–H groups in total. The third-order valence-corrected chi connectivity index (χ3v) is 5.13. The summed E-state index contributed by atoms with van der Waals surface area (Å²) in [6.45, 7) is 1.91. The van der Waals surface area contributed by atoms with Crippen LogP contribution >= 0.6 is 11.6 Å². The molecule has 1 saturated heterocycles. The van der Waals surface area contributed by atoms with Gasteiger partial charge in [-0.25, -0.2) is 0 Å². The molecule has 26 heavy (non-hydrogen) atoms. The van der Waals surface area contributed by atoms with Gasteiger partial charge >= 0.3 is 0 Å². The van der Waals surface area contributed by atoms with E-state index in [0.29, 0.717) is 29.7 Å². The SMILES string of the molecule is COc1ccc(CN2CCO[C@H](CO)[C@H]2c2ccccc2)c(Cl)c1OC. The summed E-state index contributed by atoms with van der Waals surface area (Å²) in [6.07, 6.45) is -0.273. The van der Waals surface area contributed by atoms with Crippen LogP contribution in [0.25, 0.3) is 0 Å². The molecule has 0 aliphatic carbocycles. The molecule has 0 spiro atoms. The van der Waals surface area contributed by atoms with Crippen LogP contribution in [-0.2, 0) is 11.3 Å². The highest BCUT2D eigenvalue weighted by molar-refractivity contribution is 6.33. The minimum absolute atomic E-state index is 0.0320. The summed E-state index contributed by atoms with van der Waals surface area (Å²) in [7, 11) is 3.17. The van der Waals surface area contributed by atoms with Gasteiger partial charge in [0, 0.05) is 13.1 Å². The van der Waals surface area contributed by atoms with Gasteiger partial charge in [0.1, 0.15) is 6.10 Å². The largest absolute Gasteiger partial charge is 0.493 e. The molecule has 2 atom stereocenters. The molecule has 140 valence electrons. The molecule has 2 aromatic rings. The van der Waals surface area contributed by atoms with Crippen molar-refractivity contribution in [1.82, 2.24) is 4.90 Å². The molecule has 1 aliphatic rings. The van der Waals surface area contributed by atoms with Crippen LogP contribution in [0.1, 0.15) is 17.2 Å². The van der Waals surface area contributed by atoms with Crippen molar-refractivity contribution < 1.29 is 19.3 Å². The molecule has 6 heteroatoms. The van der Waals surface area contributed by atoms with Crippen molar-refractivity contribution in [3.8, 4) is 11.5 Å². The Morgan fingerprint density at radius 1 is 1.15 bits per heavy atom. The number of halogens is 1. The smallest absolute Gasteiger partial charge is 0.179 e. The molecule has 2 aromatic carbocycles. The Morgan fingerprint density at radius 2 is 1.92 bits per heavy atom. The minimum Gasteiger partial charge on any atom is -0.493 e. The summed E-state index contributed by atoms with van der Waals surface area (Å²) in [5, 5.41) is 10.3. The molecule has 0 amide bonds. The van der Waals surface area contributed by atoms with Gasteiger partial charge in [-0.1, -0.05) is 48.0 Å². The molecule has 0 radical (unpaired) electrons. The first kappa shape index (κ1) is 19.0. The number of hydrogen-bond acceptors (Lipinski definition) is 5. The Morgan fingerprint density at radius 3 is 2.58 bits per heavy atom. The summed E-state index contributed by atoms with van der Waals surface area (Å²) < 4.78 is 16.5. The average Bonchev–Trinajstić information content (AvgIpc) is 2.69. The lowest BCUT2D eigenvalue weighted by molar-refractivity contribution is -0.0960. The van der Waals surface area contributed by atoms with Gasteiger partial charge in [-0.3, -0.25) is 4.90 Å². The first-order valence-corrected chi connectivity index (χ1v) is 8.98. The maximum absolute atomic E-state index is 9.80. The number of nitrogens with zero attached hydrogens (tertiary/aromatic N) is 1. The van der Waals surface area contributed by atoms with Crippen LogP contribution in [0.2, 0.25) is 5.02 Å². The van der Waals surface area contributed by atoms with Gasteiger partial charge in [-0.2, -0.15) is 0 Å². The van der Waals surface area contributed by atoms with Gasteiger partial charge in [0.25, 0.3) is 0 Å². The van der Waals surface area contributed by atoms with Crippen molar-refractivity contribution in [3.05, 3.63) is 58.6 Å². The predicted molar refractivity (Wildman–Crippen MR) is 101 cm³/mol. The highest BCUT2D eigenvalue weighted by Gasteiger charge is 2.33. The van der Waals surface area contributed by atoms with Gasteiger partial charge in [0.05, 0.1) is 38.5 Å². The molecule has 1 heterocycles.